The Bertz CT molecular complexity index is 1510. The van der Waals surface area contributed by atoms with Crippen LogP contribution in [0.15, 0.2) is 77.5 Å². The van der Waals surface area contributed by atoms with Crippen molar-refractivity contribution in [3.8, 4) is 11.5 Å². The molecular formula is C29H23Cl2NO5. The third-order valence-electron chi connectivity index (χ3n) is 6.57. The molecule has 6 nitrogen and oxygen atoms in total. The summed E-state index contributed by atoms with van der Waals surface area (Å²) in [7, 11) is 2.82. The molecule has 1 aliphatic heterocycles. The summed E-state index contributed by atoms with van der Waals surface area (Å²) < 4.78 is 16.8. The Kier molecular flexibility index (Phi) is 6.71. The van der Waals surface area contributed by atoms with Crippen LogP contribution in [0.1, 0.15) is 39.9 Å². The number of allylic oxidation sites excluding steroid dienone is 2. The number of ether oxygens (including phenoxy) is 3. The standard InChI is InChI=1S/C29H23Cl2NO5/c1-15-23(29(34)36-3)24(25-26(32-15)18-9-5-6-10-19(18)27(25)33)17-12-21(31)28(22(13-17)35-2)37-14-16-8-4-7-11-20(16)30/h4-13,24,32H,14H2,1-3H3/t24-/m0/s1. The highest BCUT2D eigenvalue weighted by molar-refractivity contribution is 6.32. The molecule has 3 aromatic rings. The van der Waals surface area contributed by atoms with Gasteiger partial charge in [0.25, 0.3) is 0 Å². The molecule has 1 heterocycles. The first-order valence-electron chi connectivity index (χ1n) is 11.5. The van der Waals surface area contributed by atoms with E-state index < -0.39 is 11.9 Å². The molecule has 8 heteroatoms. The average molecular weight is 536 g/mol. The number of nitrogens with one attached hydrogen (secondary N) is 1. The molecule has 0 aromatic heterocycles. The number of hydrogen-bond donors (Lipinski definition) is 1. The summed E-state index contributed by atoms with van der Waals surface area (Å²) in [6.45, 7) is 1.96. The van der Waals surface area contributed by atoms with E-state index in [9.17, 15) is 9.59 Å². The summed E-state index contributed by atoms with van der Waals surface area (Å²) in [5, 5.41) is 4.11. The lowest BCUT2D eigenvalue weighted by Gasteiger charge is -2.29. The summed E-state index contributed by atoms with van der Waals surface area (Å²) in [5.41, 5.74) is 4.79. The molecule has 1 atom stereocenters. The first-order chi connectivity index (χ1) is 17.8. The monoisotopic (exact) mass is 535 g/mol. The summed E-state index contributed by atoms with van der Waals surface area (Å²) in [4.78, 5) is 26.6. The second-order valence-electron chi connectivity index (χ2n) is 8.67. The topological polar surface area (TPSA) is 73.9 Å². The smallest absolute Gasteiger partial charge is 0.336 e. The highest BCUT2D eigenvalue weighted by Crippen LogP contribution is 2.49. The second-order valence-corrected chi connectivity index (χ2v) is 9.48. The van der Waals surface area contributed by atoms with E-state index in [4.69, 9.17) is 37.4 Å². The van der Waals surface area contributed by atoms with Crippen molar-refractivity contribution in [1.82, 2.24) is 5.32 Å². The van der Waals surface area contributed by atoms with Crippen LogP contribution >= 0.6 is 23.2 Å². The van der Waals surface area contributed by atoms with Crippen LogP contribution in [0, 0.1) is 0 Å². The first kappa shape index (κ1) is 24.9. The molecule has 0 saturated heterocycles. The highest BCUT2D eigenvalue weighted by Gasteiger charge is 2.43. The molecule has 1 N–H and O–H groups in total. The third kappa shape index (κ3) is 4.26. The molecule has 0 unspecified atom stereocenters. The number of rotatable bonds is 6. The van der Waals surface area contributed by atoms with Crippen molar-refractivity contribution in [2.24, 2.45) is 0 Å². The Morgan fingerprint density at radius 2 is 1.68 bits per heavy atom. The van der Waals surface area contributed by atoms with Gasteiger partial charge in [0.05, 0.1) is 30.5 Å². The van der Waals surface area contributed by atoms with E-state index in [2.05, 4.69) is 5.32 Å². The van der Waals surface area contributed by atoms with Crippen LogP contribution in [-0.4, -0.2) is 26.0 Å². The van der Waals surface area contributed by atoms with Crippen LogP contribution in [0.2, 0.25) is 10.0 Å². The fourth-order valence-corrected chi connectivity index (χ4v) is 5.32. The molecule has 5 rings (SSSR count). The number of dihydropyridines is 1. The van der Waals surface area contributed by atoms with Gasteiger partial charge < -0.3 is 19.5 Å². The van der Waals surface area contributed by atoms with Crippen molar-refractivity contribution >= 4 is 40.7 Å². The number of carbonyl (C=O) groups is 2. The van der Waals surface area contributed by atoms with Crippen molar-refractivity contribution in [3.63, 3.8) is 0 Å². The van der Waals surface area contributed by atoms with E-state index in [1.54, 1.807) is 31.2 Å². The minimum Gasteiger partial charge on any atom is -0.493 e. The lowest BCUT2D eigenvalue weighted by Crippen LogP contribution is -2.29. The Morgan fingerprint density at radius 3 is 2.38 bits per heavy atom. The van der Waals surface area contributed by atoms with Gasteiger partial charge in [-0.15, -0.1) is 0 Å². The number of carbonyl (C=O) groups excluding carboxylic acids is 2. The van der Waals surface area contributed by atoms with Crippen molar-refractivity contribution in [2.45, 2.75) is 19.4 Å². The van der Waals surface area contributed by atoms with E-state index in [0.717, 1.165) is 11.1 Å². The van der Waals surface area contributed by atoms with Crippen LogP contribution < -0.4 is 14.8 Å². The van der Waals surface area contributed by atoms with Crippen molar-refractivity contribution in [3.05, 3.63) is 110 Å². The van der Waals surface area contributed by atoms with Crippen LogP contribution in [0.25, 0.3) is 5.70 Å². The van der Waals surface area contributed by atoms with Gasteiger partial charge in [-0.3, -0.25) is 4.79 Å². The fraction of sp³-hybridized carbons (Fsp3) is 0.172. The number of hydrogen-bond acceptors (Lipinski definition) is 6. The van der Waals surface area contributed by atoms with Crippen molar-refractivity contribution < 1.29 is 23.8 Å². The molecule has 1 aliphatic carbocycles. The Labute approximate surface area is 224 Å². The predicted molar refractivity (Wildman–Crippen MR) is 142 cm³/mol. The Balaban J connectivity index is 1.61. The Hall–Kier alpha value is -3.74. The largest absolute Gasteiger partial charge is 0.493 e. The van der Waals surface area contributed by atoms with Gasteiger partial charge in [-0.25, -0.2) is 4.79 Å². The molecular weight excluding hydrogens is 513 g/mol. The van der Waals surface area contributed by atoms with E-state index in [1.807, 2.05) is 36.4 Å². The molecule has 188 valence electrons. The van der Waals surface area contributed by atoms with Crippen LogP contribution in [-0.2, 0) is 16.1 Å². The number of esters is 1. The zero-order valence-corrected chi connectivity index (χ0v) is 21.9. The zero-order chi connectivity index (χ0) is 26.3. The van der Waals surface area contributed by atoms with E-state index >= 15 is 0 Å². The molecule has 3 aromatic carbocycles. The van der Waals surface area contributed by atoms with Gasteiger partial charge in [0, 0.05) is 38.9 Å². The van der Waals surface area contributed by atoms with Gasteiger partial charge in [-0.1, -0.05) is 65.7 Å². The lowest BCUT2D eigenvalue weighted by molar-refractivity contribution is -0.136. The normalized spacial score (nSPS) is 16.2. The Morgan fingerprint density at radius 1 is 0.973 bits per heavy atom. The van der Waals surface area contributed by atoms with E-state index in [-0.39, 0.29) is 17.4 Å². The lowest BCUT2D eigenvalue weighted by atomic mass is 9.79. The molecule has 0 radical (unpaired) electrons. The summed E-state index contributed by atoms with van der Waals surface area (Å²) in [6, 6.07) is 18.1. The van der Waals surface area contributed by atoms with Gasteiger partial charge in [0.1, 0.15) is 6.61 Å². The summed E-state index contributed by atoms with van der Waals surface area (Å²) >= 11 is 13.0. The number of methoxy groups -OCH3 is 2. The van der Waals surface area contributed by atoms with Gasteiger partial charge in [0.15, 0.2) is 17.3 Å². The van der Waals surface area contributed by atoms with Crippen molar-refractivity contribution in [1.29, 1.82) is 0 Å². The van der Waals surface area contributed by atoms with Crippen LogP contribution in [0.4, 0.5) is 0 Å². The average Bonchev–Trinajstić information content (AvgIpc) is 3.18. The van der Waals surface area contributed by atoms with Gasteiger partial charge in [0.2, 0.25) is 0 Å². The number of fused-ring (bicyclic) bond motifs is 2. The third-order valence-corrected chi connectivity index (χ3v) is 7.22. The number of benzene rings is 3. The maximum Gasteiger partial charge on any atom is 0.336 e. The van der Waals surface area contributed by atoms with Gasteiger partial charge in [-0.05, 0) is 30.7 Å². The summed E-state index contributed by atoms with van der Waals surface area (Å²) in [5.74, 6) is -0.740. The van der Waals surface area contributed by atoms with Crippen LogP contribution in [0.5, 0.6) is 11.5 Å². The number of halogens is 2. The second kappa shape index (κ2) is 9.96. The quantitative estimate of drug-likeness (QED) is 0.372. The molecule has 0 fully saturated rings. The highest BCUT2D eigenvalue weighted by atomic mass is 35.5. The number of ketones is 1. The maximum atomic E-state index is 13.6. The molecule has 2 aliphatic rings. The SMILES string of the molecule is COC(=O)C1=C(C)NC2=C(C(=O)c3ccccc32)[C@H]1c1cc(Cl)c(OCc2ccccc2Cl)c(OC)c1. The maximum absolute atomic E-state index is 13.6. The summed E-state index contributed by atoms with van der Waals surface area (Å²) in [6.07, 6.45) is 0. The predicted octanol–water partition coefficient (Wildman–Crippen LogP) is 6.32. The minimum atomic E-state index is -0.729. The first-order valence-corrected chi connectivity index (χ1v) is 12.3. The minimum absolute atomic E-state index is 0.161. The zero-order valence-electron chi connectivity index (χ0n) is 20.4. The molecule has 0 amide bonds. The van der Waals surface area contributed by atoms with Gasteiger partial charge >= 0.3 is 5.97 Å². The molecule has 0 bridgehead atoms. The van der Waals surface area contributed by atoms with Crippen molar-refractivity contribution in [2.75, 3.05) is 14.2 Å². The van der Waals surface area contributed by atoms with Crippen LogP contribution in [0.3, 0.4) is 0 Å². The molecule has 0 saturated carbocycles. The molecule has 0 spiro atoms. The van der Waals surface area contributed by atoms with E-state index in [0.29, 0.717) is 50.2 Å². The van der Waals surface area contributed by atoms with Gasteiger partial charge in [-0.2, -0.15) is 0 Å². The molecule has 37 heavy (non-hydrogen) atoms. The van der Waals surface area contributed by atoms with E-state index in [1.165, 1.54) is 14.2 Å². The number of Topliss-reactive ketones (excluding diaryl/α,β-unsaturated/α-hetero) is 1. The fourth-order valence-electron chi connectivity index (χ4n) is 4.85.